The van der Waals surface area contributed by atoms with Gasteiger partial charge in [0.1, 0.15) is 5.75 Å². The quantitative estimate of drug-likeness (QED) is 0.834. The number of methoxy groups -OCH3 is 1. The van der Waals surface area contributed by atoms with Crippen molar-refractivity contribution >= 4 is 17.6 Å². The Morgan fingerprint density at radius 1 is 1.61 bits per heavy atom. The zero-order valence-electron chi connectivity index (χ0n) is 10.0. The molecule has 1 aromatic rings. The van der Waals surface area contributed by atoms with E-state index in [0.29, 0.717) is 17.3 Å². The first-order chi connectivity index (χ1) is 8.56. The average molecular weight is 266 g/mol. The minimum absolute atomic E-state index is 0.222. The second-order valence-corrected chi connectivity index (χ2v) is 4.46. The van der Waals surface area contributed by atoms with Gasteiger partial charge in [0.25, 0.3) is 0 Å². The highest BCUT2D eigenvalue weighted by Crippen LogP contribution is 2.32. The van der Waals surface area contributed by atoms with E-state index in [4.69, 9.17) is 21.6 Å². The van der Waals surface area contributed by atoms with E-state index in [0.717, 1.165) is 16.0 Å². The molecule has 2 amide bonds. The SMILES string of the molecule is COc1cc(C)c(C2CN(C#N)C(=O)N2)cc1Cl. The monoisotopic (exact) mass is 265 g/mol. The van der Waals surface area contributed by atoms with E-state index < -0.39 is 0 Å². The fourth-order valence-electron chi connectivity index (χ4n) is 2.00. The number of benzene rings is 1. The van der Waals surface area contributed by atoms with Crippen LogP contribution >= 0.6 is 11.6 Å². The molecular weight excluding hydrogens is 254 g/mol. The van der Waals surface area contributed by atoms with Crippen molar-refractivity contribution in [1.82, 2.24) is 10.2 Å². The van der Waals surface area contributed by atoms with Crippen LogP contribution in [0.5, 0.6) is 5.75 Å². The van der Waals surface area contributed by atoms with Crippen molar-refractivity contribution in [2.24, 2.45) is 0 Å². The Bertz CT molecular complexity index is 539. The maximum atomic E-state index is 11.4. The van der Waals surface area contributed by atoms with Crippen LogP contribution in [-0.4, -0.2) is 24.6 Å². The first-order valence-electron chi connectivity index (χ1n) is 5.38. The van der Waals surface area contributed by atoms with Gasteiger partial charge in [0, 0.05) is 0 Å². The van der Waals surface area contributed by atoms with Gasteiger partial charge in [0.05, 0.1) is 24.7 Å². The Kier molecular flexibility index (Phi) is 3.30. The number of halogens is 1. The summed E-state index contributed by atoms with van der Waals surface area (Å²) in [7, 11) is 1.55. The number of carbonyl (C=O) groups excluding carboxylic acids is 1. The Hall–Kier alpha value is -1.93. The minimum atomic E-state index is -0.381. The number of hydrogen-bond donors (Lipinski definition) is 1. The third kappa shape index (κ3) is 2.07. The van der Waals surface area contributed by atoms with Crippen LogP contribution in [0, 0.1) is 18.4 Å². The van der Waals surface area contributed by atoms with Crippen LogP contribution in [0.1, 0.15) is 17.2 Å². The molecule has 0 bridgehead atoms. The highest BCUT2D eigenvalue weighted by molar-refractivity contribution is 6.32. The summed E-state index contributed by atoms with van der Waals surface area (Å²) in [5.41, 5.74) is 1.85. The summed E-state index contributed by atoms with van der Waals surface area (Å²) in [5, 5.41) is 12.0. The number of urea groups is 1. The summed E-state index contributed by atoms with van der Waals surface area (Å²) in [6.45, 7) is 2.23. The van der Waals surface area contributed by atoms with Gasteiger partial charge in [-0.05, 0) is 30.2 Å². The lowest BCUT2D eigenvalue weighted by Gasteiger charge is -2.14. The van der Waals surface area contributed by atoms with Crippen LogP contribution in [-0.2, 0) is 0 Å². The van der Waals surface area contributed by atoms with Crippen LogP contribution < -0.4 is 10.1 Å². The fourth-order valence-corrected chi connectivity index (χ4v) is 2.25. The first kappa shape index (κ1) is 12.5. The number of hydrogen-bond acceptors (Lipinski definition) is 3. The molecule has 2 rings (SSSR count). The van der Waals surface area contributed by atoms with Crippen LogP contribution in [0.2, 0.25) is 5.02 Å². The van der Waals surface area contributed by atoms with Crippen molar-refractivity contribution < 1.29 is 9.53 Å². The Morgan fingerprint density at radius 2 is 2.33 bits per heavy atom. The number of nitrogens with zero attached hydrogens (tertiary/aromatic N) is 2. The van der Waals surface area contributed by atoms with E-state index in [-0.39, 0.29) is 12.1 Å². The first-order valence-corrected chi connectivity index (χ1v) is 5.76. The standard InChI is InChI=1S/C12H12ClN3O2/c1-7-3-11(18-2)9(13)4-8(7)10-5-16(6-14)12(17)15-10/h3-4,10H,5H2,1-2H3,(H,15,17). The molecule has 1 fully saturated rings. The van der Waals surface area contributed by atoms with E-state index in [1.807, 2.05) is 19.2 Å². The molecule has 1 aromatic carbocycles. The molecule has 1 saturated heterocycles. The Morgan fingerprint density at radius 3 is 2.89 bits per heavy atom. The van der Waals surface area contributed by atoms with E-state index >= 15 is 0 Å². The van der Waals surface area contributed by atoms with Crippen molar-refractivity contribution in [3.63, 3.8) is 0 Å². The van der Waals surface area contributed by atoms with Crippen molar-refractivity contribution in [3.8, 4) is 11.9 Å². The molecule has 0 aliphatic carbocycles. The summed E-state index contributed by atoms with van der Waals surface area (Å²) in [6, 6.07) is 2.98. The molecule has 1 N–H and O–H groups in total. The third-order valence-corrected chi connectivity index (χ3v) is 3.24. The van der Waals surface area contributed by atoms with Crippen molar-refractivity contribution in [2.45, 2.75) is 13.0 Å². The lowest BCUT2D eigenvalue weighted by atomic mass is 10.0. The Balaban J connectivity index is 2.33. The predicted octanol–water partition coefficient (Wildman–Crippen LogP) is 2.20. The second-order valence-electron chi connectivity index (χ2n) is 4.06. The Labute approximate surface area is 110 Å². The van der Waals surface area contributed by atoms with Crippen molar-refractivity contribution in [3.05, 3.63) is 28.3 Å². The maximum Gasteiger partial charge on any atom is 0.331 e. The van der Waals surface area contributed by atoms with Crippen LogP contribution in [0.25, 0.3) is 0 Å². The van der Waals surface area contributed by atoms with E-state index in [2.05, 4.69) is 5.32 Å². The van der Waals surface area contributed by atoms with Gasteiger partial charge in [-0.25, -0.2) is 9.69 Å². The van der Waals surface area contributed by atoms with Crippen LogP contribution in [0.3, 0.4) is 0 Å². The highest BCUT2D eigenvalue weighted by Gasteiger charge is 2.31. The molecule has 1 aliphatic rings. The second kappa shape index (κ2) is 4.75. The lowest BCUT2D eigenvalue weighted by Crippen LogP contribution is -2.23. The predicted molar refractivity (Wildman–Crippen MR) is 66.3 cm³/mol. The van der Waals surface area contributed by atoms with Gasteiger partial charge in [-0.2, -0.15) is 5.26 Å². The number of carbonyl (C=O) groups is 1. The van der Waals surface area contributed by atoms with E-state index in [1.165, 1.54) is 0 Å². The van der Waals surface area contributed by atoms with E-state index in [1.54, 1.807) is 13.2 Å². The number of nitriles is 1. The molecule has 18 heavy (non-hydrogen) atoms. The lowest BCUT2D eigenvalue weighted by molar-refractivity contribution is 0.232. The van der Waals surface area contributed by atoms with Gasteiger partial charge < -0.3 is 10.1 Å². The number of ether oxygens (including phenoxy) is 1. The molecule has 1 heterocycles. The number of aryl methyl sites for hydroxylation is 1. The van der Waals surface area contributed by atoms with Gasteiger partial charge in [0.2, 0.25) is 0 Å². The van der Waals surface area contributed by atoms with E-state index in [9.17, 15) is 4.79 Å². The van der Waals surface area contributed by atoms with Crippen LogP contribution in [0.15, 0.2) is 12.1 Å². The molecule has 0 radical (unpaired) electrons. The highest BCUT2D eigenvalue weighted by atomic mass is 35.5. The van der Waals surface area contributed by atoms with Gasteiger partial charge in [-0.1, -0.05) is 11.6 Å². The molecule has 6 heteroatoms. The zero-order chi connectivity index (χ0) is 13.3. The molecule has 1 aliphatic heterocycles. The summed E-state index contributed by atoms with van der Waals surface area (Å²) >= 11 is 6.07. The maximum absolute atomic E-state index is 11.4. The number of rotatable bonds is 2. The fraction of sp³-hybridized carbons (Fsp3) is 0.333. The average Bonchev–Trinajstić information content (AvgIpc) is 2.72. The van der Waals surface area contributed by atoms with Gasteiger partial charge >= 0.3 is 6.03 Å². The third-order valence-electron chi connectivity index (χ3n) is 2.94. The molecule has 5 nitrogen and oxygen atoms in total. The molecule has 1 unspecified atom stereocenters. The van der Waals surface area contributed by atoms with Crippen LogP contribution in [0.4, 0.5) is 4.79 Å². The molecular formula is C12H12ClN3O2. The number of nitrogens with one attached hydrogen (secondary N) is 1. The van der Waals surface area contributed by atoms with Crippen molar-refractivity contribution in [1.29, 1.82) is 5.26 Å². The molecule has 0 aromatic heterocycles. The normalized spacial score (nSPS) is 18.4. The molecule has 0 saturated carbocycles. The van der Waals surface area contributed by atoms with Gasteiger partial charge in [0.15, 0.2) is 6.19 Å². The molecule has 94 valence electrons. The topological polar surface area (TPSA) is 65.4 Å². The summed E-state index contributed by atoms with van der Waals surface area (Å²) in [5.74, 6) is 0.597. The molecule has 0 spiro atoms. The zero-order valence-corrected chi connectivity index (χ0v) is 10.8. The van der Waals surface area contributed by atoms with Gasteiger partial charge in [-0.15, -0.1) is 0 Å². The summed E-state index contributed by atoms with van der Waals surface area (Å²) < 4.78 is 5.12. The summed E-state index contributed by atoms with van der Waals surface area (Å²) in [6.07, 6.45) is 1.83. The smallest absolute Gasteiger partial charge is 0.331 e. The molecule has 1 atom stereocenters. The van der Waals surface area contributed by atoms with Gasteiger partial charge in [-0.3, -0.25) is 0 Å². The summed E-state index contributed by atoms with van der Waals surface area (Å²) in [4.78, 5) is 12.5. The number of amides is 2. The largest absolute Gasteiger partial charge is 0.495 e. The van der Waals surface area contributed by atoms with Crippen molar-refractivity contribution in [2.75, 3.05) is 13.7 Å². The minimum Gasteiger partial charge on any atom is -0.495 e.